The number of sulfonamides is 1. The van der Waals surface area contributed by atoms with E-state index in [0.29, 0.717) is 19.5 Å². The Balaban J connectivity index is 0.00000225. The highest BCUT2D eigenvalue weighted by Gasteiger charge is 2.29. The molecule has 1 fully saturated rings. The fraction of sp³-hybridized carbons (Fsp3) is 0.588. The fourth-order valence-corrected chi connectivity index (χ4v) is 4.68. The van der Waals surface area contributed by atoms with Crippen LogP contribution in [0, 0.1) is 5.41 Å². The van der Waals surface area contributed by atoms with Gasteiger partial charge in [-0.1, -0.05) is 6.92 Å². The van der Waals surface area contributed by atoms with E-state index in [-0.39, 0.29) is 28.6 Å². The zero-order valence-electron chi connectivity index (χ0n) is 14.7. The van der Waals surface area contributed by atoms with Crippen molar-refractivity contribution in [3.05, 3.63) is 23.8 Å². The molecule has 0 unspecified atom stereocenters. The first-order chi connectivity index (χ1) is 11.3. The number of piperidine rings is 1. The second-order valence-electron chi connectivity index (χ2n) is 7.10. The van der Waals surface area contributed by atoms with Gasteiger partial charge in [-0.2, -0.15) is 0 Å². The van der Waals surface area contributed by atoms with Gasteiger partial charge in [-0.3, -0.25) is 4.79 Å². The Labute approximate surface area is 155 Å². The third-order valence-corrected chi connectivity index (χ3v) is 6.54. The third kappa shape index (κ3) is 4.34. The molecule has 2 N–H and O–H groups in total. The fourth-order valence-electron chi connectivity index (χ4n) is 3.43. The van der Waals surface area contributed by atoms with E-state index in [4.69, 9.17) is 0 Å². The molecule has 0 spiro atoms. The number of benzene rings is 1. The molecule has 0 radical (unpaired) electrons. The molecule has 0 atom stereocenters. The molecule has 0 aliphatic carbocycles. The zero-order chi connectivity index (χ0) is 17.4. The van der Waals surface area contributed by atoms with Crippen molar-refractivity contribution in [3.8, 4) is 0 Å². The van der Waals surface area contributed by atoms with Crippen LogP contribution in [0.4, 0.5) is 5.69 Å². The van der Waals surface area contributed by atoms with E-state index in [0.717, 1.165) is 37.2 Å². The van der Waals surface area contributed by atoms with Crippen molar-refractivity contribution < 1.29 is 13.2 Å². The number of fused-ring (bicyclic) bond motifs is 1. The first kappa shape index (κ1) is 20.2. The summed E-state index contributed by atoms with van der Waals surface area (Å²) < 4.78 is 28.0. The van der Waals surface area contributed by atoms with Gasteiger partial charge in [0.1, 0.15) is 0 Å². The number of halogens is 1. The molecule has 1 aromatic carbocycles. The number of hydrogen-bond acceptors (Lipinski definition) is 4. The number of hydrogen-bond donors (Lipinski definition) is 2. The van der Waals surface area contributed by atoms with Crippen LogP contribution in [0.5, 0.6) is 0 Å². The Morgan fingerprint density at radius 3 is 2.64 bits per heavy atom. The van der Waals surface area contributed by atoms with E-state index in [9.17, 15) is 13.2 Å². The number of carbonyl (C=O) groups is 1. The van der Waals surface area contributed by atoms with E-state index >= 15 is 0 Å². The standard InChI is InChI=1S/C17H25N3O3S.ClH/c1-13(21)20-10-5-14-11-15(3-4-16(14)20)24(22,23)19-12-17(2)6-8-18-9-7-17;/h3-4,11,18-19H,5-10,12H2,1-2H3;1H. The molecule has 1 amide bonds. The second-order valence-corrected chi connectivity index (χ2v) is 8.86. The van der Waals surface area contributed by atoms with Crippen LogP contribution >= 0.6 is 12.4 Å². The highest BCUT2D eigenvalue weighted by Crippen LogP contribution is 2.31. The number of rotatable bonds is 4. The Morgan fingerprint density at radius 1 is 1.32 bits per heavy atom. The Kier molecular flexibility index (Phi) is 6.14. The molecular formula is C17H26ClN3O3S. The van der Waals surface area contributed by atoms with Crippen LogP contribution in [0.1, 0.15) is 32.3 Å². The predicted molar refractivity (Wildman–Crippen MR) is 101 cm³/mol. The molecule has 2 aliphatic heterocycles. The number of anilines is 1. The van der Waals surface area contributed by atoms with Crippen molar-refractivity contribution in [2.75, 3.05) is 31.1 Å². The zero-order valence-corrected chi connectivity index (χ0v) is 16.3. The van der Waals surface area contributed by atoms with Gasteiger partial charge in [0.05, 0.1) is 4.90 Å². The van der Waals surface area contributed by atoms with E-state index in [2.05, 4.69) is 17.0 Å². The minimum absolute atomic E-state index is 0. The largest absolute Gasteiger partial charge is 0.317 e. The van der Waals surface area contributed by atoms with Gasteiger partial charge in [-0.15, -0.1) is 12.4 Å². The van der Waals surface area contributed by atoms with Crippen LogP contribution in [0.15, 0.2) is 23.1 Å². The minimum Gasteiger partial charge on any atom is -0.317 e. The van der Waals surface area contributed by atoms with Gasteiger partial charge < -0.3 is 10.2 Å². The summed E-state index contributed by atoms with van der Waals surface area (Å²) in [6, 6.07) is 5.03. The smallest absolute Gasteiger partial charge is 0.240 e. The highest BCUT2D eigenvalue weighted by molar-refractivity contribution is 7.89. The molecule has 2 aliphatic rings. The summed E-state index contributed by atoms with van der Waals surface area (Å²) in [5, 5.41) is 3.30. The molecule has 0 aromatic heterocycles. The molecule has 6 nitrogen and oxygen atoms in total. The number of nitrogens with one attached hydrogen (secondary N) is 2. The summed E-state index contributed by atoms with van der Waals surface area (Å²) in [6.07, 6.45) is 2.63. The average molecular weight is 388 g/mol. The van der Waals surface area contributed by atoms with Crippen molar-refractivity contribution in [2.24, 2.45) is 5.41 Å². The Morgan fingerprint density at radius 2 is 2.00 bits per heavy atom. The molecule has 2 heterocycles. The van der Waals surface area contributed by atoms with E-state index in [1.165, 1.54) is 6.92 Å². The first-order valence-corrected chi connectivity index (χ1v) is 9.91. The molecule has 25 heavy (non-hydrogen) atoms. The quantitative estimate of drug-likeness (QED) is 0.824. The summed E-state index contributed by atoms with van der Waals surface area (Å²) in [6.45, 7) is 6.58. The maximum absolute atomic E-state index is 12.6. The monoisotopic (exact) mass is 387 g/mol. The van der Waals surface area contributed by atoms with Crippen LogP contribution < -0.4 is 14.9 Å². The SMILES string of the molecule is CC(=O)N1CCc2cc(S(=O)(=O)NCC3(C)CCNCC3)ccc21.Cl. The van der Waals surface area contributed by atoms with Crippen molar-refractivity contribution in [3.63, 3.8) is 0 Å². The van der Waals surface area contributed by atoms with Gasteiger partial charge in [-0.05, 0) is 61.5 Å². The highest BCUT2D eigenvalue weighted by atomic mass is 35.5. The molecule has 0 saturated carbocycles. The van der Waals surface area contributed by atoms with Crippen molar-refractivity contribution >= 4 is 34.0 Å². The van der Waals surface area contributed by atoms with Gasteiger partial charge in [0, 0.05) is 25.7 Å². The lowest BCUT2D eigenvalue weighted by Gasteiger charge is -2.34. The van der Waals surface area contributed by atoms with Crippen LogP contribution in [0.3, 0.4) is 0 Å². The number of amides is 1. The van der Waals surface area contributed by atoms with E-state index in [1.807, 2.05) is 0 Å². The summed E-state index contributed by atoms with van der Waals surface area (Å²) >= 11 is 0. The van der Waals surface area contributed by atoms with Crippen LogP contribution in [0.2, 0.25) is 0 Å². The van der Waals surface area contributed by atoms with Crippen molar-refractivity contribution in [1.82, 2.24) is 10.0 Å². The second kappa shape index (κ2) is 7.61. The van der Waals surface area contributed by atoms with Gasteiger partial charge >= 0.3 is 0 Å². The molecule has 1 aromatic rings. The van der Waals surface area contributed by atoms with Crippen LogP contribution in [0.25, 0.3) is 0 Å². The molecular weight excluding hydrogens is 362 g/mol. The van der Waals surface area contributed by atoms with Crippen LogP contribution in [-0.4, -0.2) is 40.5 Å². The Hall–Kier alpha value is -1.15. The number of carbonyl (C=O) groups excluding carboxylic acids is 1. The summed E-state index contributed by atoms with van der Waals surface area (Å²) in [5.41, 5.74) is 1.74. The normalized spacial score (nSPS) is 19.2. The van der Waals surface area contributed by atoms with Crippen molar-refractivity contribution in [1.29, 1.82) is 0 Å². The number of nitrogens with zero attached hydrogens (tertiary/aromatic N) is 1. The lowest BCUT2D eigenvalue weighted by atomic mass is 9.81. The summed E-state index contributed by atoms with van der Waals surface area (Å²) in [5.74, 6) is -0.0127. The van der Waals surface area contributed by atoms with E-state index in [1.54, 1.807) is 23.1 Å². The maximum Gasteiger partial charge on any atom is 0.240 e. The molecule has 1 saturated heterocycles. The predicted octanol–water partition coefficient (Wildman–Crippen LogP) is 1.69. The molecule has 140 valence electrons. The molecule has 3 rings (SSSR count). The van der Waals surface area contributed by atoms with Gasteiger partial charge in [0.25, 0.3) is 0 Å². The average Bonchev–Trinajstić information content (AvgIpc) is 2.97. The van der Waals surface area contributed by atoms with Gasteiger partial charge in [0.2, 0.25) is 15.9 Å². The maximum atomic E-state index is 12.6. The Bertz CT molecular complexity index is 746. The first-order valence-electron chi connectivity index (χ1n) is 8.42. The van der Waals surface area contributed by atoms with Gasteiger partial charge in [0.15, 0.2) is 0 Å². The van der Waals surface area contributed by atoms with Crippen molar-refractivity contribution in [2.45, 2.75) is 38.0 Å². The minimum atomic E-state index is -3.53. The summed E-state index contributed by atoms with van der Waals surface area (Å²) in [7, 11) is -3.53. The molecule has 0 bridgehead atoms. The lowest BCUT2D eigenvalue weighted by molar-refractivity contribution is -0.116. The summed E-state index contributed by atoms with van der Waals surface area (Å²) in [4.78, 5) is 13.6. The lowest BCUT2D eigenvalue weighted by Crippen LogP contribution is -2.42. The van der Waals surface area contributed by atoms with E-state index < -0.39 is 10.0 Å². The molecule has 8 heteroatoms. The van der Waals surface area contributed by atoms with Gasteiger partial charge in [-0.25, -0.2) is 13.1 Å². The van der Waals surface area contributed by atoms with Crippen LogP contribution in [-0.2, 0) is 21.2 Å². The topological polar surface area (TPSA) is 78.5 Å². The third-order valence-electron chi connectivity index (χ3n) is 5.14.